The summed E-state index contributed by atoms with van der Waals surface area (Å²) in [6.07, 6.45) is 9.14. The van der Waals surface area contributed by atoms with Gasteiger partial charge in [0.25, 0.3) is 0 Å². The normalized spacial score (nSPS) is 47.7. The van der Waals surface area contributed by atoms with Gasteiger partial charge in [0, 0.05) is 18.4 Å². The Kier molecular flexibility index (Phi) is 4.45. The first-order valence-electron chi connectivity index (χ1n) is 8.20. The van der Waals surface area contributed by atoms with Crippen molar-refractivity contribution in [1.29, 1.82) is 0 Å². The van der Waals surface area contributed by atoms with Gasteiger partial charge >= 0.3 is 0 Å². The molecule has 2 heterocycles. The van der Waals surface area contributed by atoms with Crippen molar-refractivity contribution < 1.29 is 4.74 Å². The van der Waals surface area contributed by atoms with Crippen molar-refractivity contribution in [2.24, 2.45) is 23.5 Å². The van der Waals surface area contributed by atoms with Crippen LogP contribution in [0.15, 0.2) is 0 Å². The molecule has 3 fully saturated rings. The lowest BCUT2D eigenvalue weighted by Crippen LogP contribution is -2.47. The van der Waals surface area contributed by atoms with Gasteiger partial charge in [-0.05, 0) is 62.0 Å². The summed E-state index contributed by atoms with van der Waals surface area (Å²) in [5.41, 5.74) is 6.70. The molecule has 5 atom stereocenters. The van der Waals surface area contributed by atoms with E-state index in [9.17, 15) is 0 Å². The minimum absolute atomic E-state index is 0.229. The van der Waals surface area contributed by atoms with Crippen LogP contribution in [0.1, 0.15) is 51.9 Å². The Morgan fingerprint density at radius 3 is 2.95 bits per heavy atom. The maximum absolute atomic E-state index is 6.47. The number of rotatable bonds is 2. The van der Waals surface area contributed by atoms with Crippen molar-refractivity contribution >= 4 is 11.8 Å². The third-order valence-electron chi connectivity index (χ3n) is 5.84. The van der Waals surface area contributed by atoms with Gasteiger partial charge in [0.1, 0.15) is 0 Å². The summed E-state index contributed by atoms with van der Waals surface area (Å²) in [5, 5.41) is 0. The summed E-state index contributed by atoms with van der Waals surface area (Å²) in [5.74, 6) is 5.05. The van der Waals surface area contributed by atoms with E-state index in [1.54, 1.807) is 0 Å². The molecule has 2 N–H and O–H groups in total. The van der Waals surface area contributed by atoms with E-state index < -0.39 is 0 Å². The highest BCUT2D eigenvalue weighted by molar-refractivity contribution is 7.99. The maximum atomic E-state index is 6.47. The van der Waals surface area contributed by atoms with E-state index in [0.717, 1.165) is 24.4 Å². The predicted octanol–water partition coefficient (Wildman–Crippen LogP) is 3.44. The van der Waals surface area contributed by atoms with Gasteiger partial charge in [-0.25, -0.2) is 0 Å². The minimum Gasteiger partial charge on any atom is -0.374 e. The smallest absolute Gasteiger partial charge is 0.0783 e. The van der Waals surface area contributed by atoms with Gasteiger partial charge in [-0.15, -0.1) is 0 Å². The molecule has 0 aromatic rings. The standard InChI is InChI=1S/C16H29NOS/c1-2-12-3-4-15(17)14(9-12)13-5-7-18-16(10-13)6-8-19-11-16/h12-15H,2-11,17H2,1H3. The average Bonchev–Trinajstić information content (AvgIpc) is 2.87. The van der Waals surface area contributed by atoms with Crippen molar-refractivity contribution in [3.05, 3.63) is 0 Å². The number of ether oxygens (including phenoxy) is 1. The van der Waals surface area contributed by atoms with E-state index in [0.29, 0.717) is 6.04 Å². The van der Waals surface area contributed by atoms with Crippen molar-refractivity contribution in [3.63, 3.8) is 0 Å². The van der Waals surface area contributed by atoms with Gasteiger partial charge in [-0.1, -0.05) is 13.3 Å². The van der Waals surface area contributed by atoms with Crippen LogP contribution in [0.5, 0.6) is 0 Å². The molecular weight excluding hydrogens is 254 g/mol. The largest absolute Gasteiger partial charge is 0.374 e. The molecule has 2 nitrogen and oxygen atoms in total. The summed E-state index contributed by atoms with van der Waals surface area (Å²) < 4.78 is 6.17. The molecule has 1 saturated carbocycles. The van der Waals surface area contributed by atoms with Gasteiger partial charge in [0.15, 0.2) is 0 Å². The molecular formula is C16H29NOS. The quantitative estimate of drug-likeness (QED) is 0.843. The first-order valence-corrected chi connectivity index (χ1v) is 9.35. The fraction of sp³-hybridized carbons (Fsp3) is 1.00. The van der Waals surface area contributed by atoms with Crippen molar-refractivity contribution in [3.8, 4) is 0 Å². The Morgan fingerprint density at radius 2 is 2.21 bits per heavy atom. The second-order valence-electron chi connectivity index (χ2n) is 7.00. The molecule has 0 radical (unpaired) electrons. The fourth-order valence-electron chi connectivity index (χ4n) is 4.53. The second-order valence-corrected chi connectivity index (χ2v) is 8.11. The SMILES string of the molecule is CCC1CCC(N)C(C2CCOC3(CCSC3)C2)C1. The highest BCUT2D eigenvalue weighted by Crippen LogP contribution is 2.46. The lowest BCUT2D eigenvalue weighted by Gasteiger charge is -2.45. The van der Waals surface area contributed by atoms with Crippen LogP contribution < -0.4 is 5.73 Å². The van der Waals surface area contributed by atoms with Crippen molar-refractivity contribution in [2.45, 2.75) is 63.5 Å². The Balaban J connectivity index is 1.66. The van der Waals surface area contributed by atoms with E-state index in [4.69, 9.17) is 10.5 Å². The zero-order chi connectivity index (χ0) is 13.3. The molecule has 1 spiro atoms. The van der Waals surface area contributed by atoms with Gasteiger partial charge in [0.05, 0.1) is 5.60 Å². The van der Waals surface area contributed by atoms with Crippen molar-refractivity contribution in [1.82, 2.24) is 0 Å². The first kappa shape index (κ1) is 14.2. The Labute approximate surface area is 122 Å². The monoisotopic (exact) mass is 283 g/mol. The van der Waals surface area contributed by atoms with Gasteiger partial charge in [-0.2, -0.15) is 11.8 Å². The zero-order valence-corrected chi connectivity index (χ0v) is 13.1. The van der Waals surface area contributed by atoms with Crippen LogP contribution in [0, 0.1) is 17.8 Å². The predicted molar refractivity (Wildman–Crippen MR) is 82.4 cm³/mol. The Bertz CT molecular complexity index is 303. The van der Waals surface area contributed by atoms with Gasteiger partial charge in [0.2, 0.25) is 0 Å². The van der Waals surface area contributed by atoms with Crippen LogP contribution in [-0.4, -0.2) is 29.8 Å². The summed E-state index contributed by atoms with van der Waals surface area (Å²) in [4.78, 5) is 0. The molecule has 2 aliphatic heterocycles. The van der Waals surface area contributed by atoms with E-state index in [-0.39, 0.29) is 5.60 Å². The molecule has 5 unspecified atom stereocenters. The third-order valence-corrected chi connectivity index (χ3v) is 7.07. The van der Waals surface area contributed by atoms with E-state index in [1.807, 2.05) is 0 Å². The number of hydrogen-bond donors (Lipinski definition) is 1. The van der Waals surface area contributed by atoms with Crippen molar-refractivity contribution in [2.75, 3.05) is 18.1 Å². The van der Waals surface area contributed by atoms with Gasteiger partial charge in [-0.3, -0.25) is 0 Å². The second kappa shape index (κ2) is 5.95. The highest BCUT2D eigenvalue weighted by Gasteiger charge is 2.44. The third kappa shape index (κ3) is 2.98. The lowest BCUT2D eigenvalue weighted by atomic mass is 9.67. The van der Waals surface area contributed by atoms with Crippen LogP contribution in [0.4, 0.5) is 0 Å². The van der Waals surface area contributed by atoms with Crippen LogP contribution in [0.3, 0.4) is 0 Å². The molecule has 3 rings (SSSR count). The Hall–Kier alpha value is 0.270. The average molecular weight is 283 g/mol. The number of hydrogen-bond acceptors (Lipinski definition) is 3. The molecule has 0 amide bonds. The molecule has 1 aliphatic carbocycles. The zero-order valence-electron chi connectivity index (χ0n) is 12.3. The Morgan fingerprint density at radius 1 is 1.32 bits per heavy atom. The lowest BCUT2D eigenvalue weighted by molar-refractivity contribution is -0.0948. The summed E-state index contributed by atoms with van der Waals surface area (Å²) in [6, 6.07) is 0.456. The summed E-state index contributed by atoms with van der Waals surface area (Å²) >= 11 is 2.08. The fourth-order valence-corrected chi connectivity index (χ4v) is 5.91. The van der Waals surface area contributed by atoms with Crippen LogP contribution in [0.2, 0.25) is 0 Å². The molecule has 3 aliphatic rings. The molecule has 0 aromatic carbocycles. The topological polar surface area (TPSA) is 35.2 Å². The maximum Gasteiger partial charge on any atom is 0.0783 e. The molecule has 3 heteroatoms. The van der Waals surface area contributed by atoms with Crippen LogP contribution in [0.25, 0.3) is 0 Å². The molecule has 0 bridgehead atoms. The minimum atomic E-state index is 0.229. The van der Waals surface area contributed by atoms with E-state index >= 15 is 0 Å². The van der Waals surface area contributed by atoms with Crippen LogP contribution in [-0.2, 0) is 4.74 Å². The summed E-state index contributed by atoms with van der Waals surface area (Å²) in [7, 11) is 0. The molecule has 110 valence electrons. The van der Waals surface area contributed by atoms with E-state index in [1.165, 1.54) is 56.5 Å². The molecule has 0 aromatic heterocycles. The number of thioether (sulfide) groups is 1. The van der Waals surface area contributed by atoms with E-state index in [2.05, 4.69) is 18.7 Å². The number of nitrogens with two attached hydrogens (primary N) is 1. The summed E-state index contributed by atoms with van der Waals surface area (Å²) in [6.45, 7) is 3.32. The van der Waals surface area contributed by atoms with Crippen LogP contribution >= 0.6 is 11.8 Å². The molecule has 2 saturated heterocycles. The molecule has 19 heavy (non-hydrogen) atoms. The first-order chi connectivity index (χ1) is 9.22. The van der Waals surface area contributed by atoms with Gasteiger partial charge < -0.3 is 10.5 Å². The highest BCUT2D eigenvalue weighted by atomic mass is 32.2.